The van der Waals surface area contributed by atoms with Crippen LogP contribution >= 0.6 is 38.3 Å². The summed E-state index contributed by atoms with van der Waals surface area (Å²) in [6.07, 6.45) is 0. The van der Waals surface area contributed by atoms with Crippen molar-refractivity contribution in [2.45, 2.75) is 10.8 Å². The summed E-state index contributed by atoms with van der Waals surface area (Å²) in [7, 11) is -33.4. The first-order valence-electron chi connectivity index (χ1n) is 6.08. The third kappa shape index (κ3) is 5.83. The van der Waals surface area contributed by atoms with Crippen LogP contribution in [0.1, 0.15) is 0 Å². The standard InChI is InChI=1S/C4H18N3O15P5/c5-1-2-6-3(23(8,9)10)4(24(11,12)13,25(14,15)16)7(26(17,18)19)27(20,21)22/h3,6H,1-2,5H2,(H2,8,9,10)(H2,11,12,13)(H2,14,15,16)(H2,17,18,19)(H2,20,21,22). The highest BCUT2D eigenvalue weighted by Crippen LogP contribution is 2.83. The molecule has 23 heteroatoms. The van der Waals surface area contributed by atoms with Gasteiger partial charge in [-0.2, -0.15) is 0 Å². The molecule has 164 valence electrons. The van der Waals surface area contributed by atoms with Gasteiger partial charge in [-0.3, -0.25) is 19.0 Å². The van der Waals surface area contributed by atoms with E-state index in [0.717, 1.165) is 0 Å². The van der Waals surface area contributed by atoms with Crippen LogP contribution in [0.2, 0.25) is 0 Å². The Balaban J connectivity index is 7.67. The molecular formula is C4H18N3O15P5. The Kier molecular flexibility index (Phi) is 8.60. The second-order valence-corrected chi connectivity index (χ2v) is 13.6. The quantitative estimate of drug-likeness (QED) is 0.129. The van der Waals surface area contributed by atoms with Crippen molar-refractivity contribution in [1.29, 1.82) is 0 Å². The first-order valence-corrected chi connectivity index (χ1v) is 14.1. The zero-order valence-corrected chi connectivity index (χ0v) is 17.2. The smallest absolute Gasteiger partial charge is 0.329 e. The van der Waals surface area contributed by atoms with Gasteiger partial charge in [-0.25, -0.2) is 9.13 Å². The van der Waals surface area contributed by atoms with Crippen molar-refractivity contribution in [3.8, 4) is 0 Å². The van der Waals surface area contributed by atoms with Gasteiger partial charge in [0.05, 0.1) is 0 Å². The van der Waals surface area contributed by atoms with Crippen molar-refractivity contribution in [2.24, 2.45) is 5.73 Å². The molecule has 0 saturated heterocycles. The topological polar surface area (TPSA) is 329 Å². The molecule has 0 fully saturated rings. The van der Waals surface area contributed by atoms with Crippen molar-refractivity contribution in [1.82, 2.24) is 9.76 Å². The van der Waals surface area contributed by atoms with Crippen molar-refractivity contribution in [3.63, 3.8) is 0 Å². The molecular weight excluding hydrogens is 485 g/mol. The number of hydrogen-bond donors (Lipinski definition) is 12. The first-order chi connectivity index (χ1) is 11.6. The Morgan fingerprint density at radius 2 is 1.11 bits per heavy atom. The number of hydrogen-bond acceptors (Lipinski definition) is 7. The molecule has 0 spiro atoms. The molecule has 0 aromatic rings. The number of nitrogens with two attached hydrogens (primary N) is 1. The van der Waals surface area contributed by atoms with Gasteiger partial charge in [0.1, 0.15) is 0 Å². The van der Waals surface area contributed by atoms with Gasteiger partial charge < -0.3 is 54.7 Å². The van der Waals surface area contributed by atoms with E-state index in [0.29, 0.717) is 0 Å². The lowest BCUT2D eigenvalue weighted by atomic mass is 10.5. The van der Waals surface area contributed by atoms with Gasteiger partial charge in [0, 0.05) is 13.1 Å². The molecule has 0 rings (SSSR count). The van der Waals surface area contributed by atoms with Crippen LogP contribution in [0, 0.1) is 0 Å². The number of rotatable bonds is 10. The largest absolute Gasteiger partial charge is 0.414 e. The monoisotopic (exact) mass is 503 g/mol. The Hall–Kier alpha value is 0.630. The molecule has 13 N–H and O–H groups in total. The first kappa shape index (κ1) is 27.6. The summed E-state index contributed by atoms with van der Waals surface area (Å²) in [5.74, 6) is -3.57. The van der Waals surface area contributed by atoms with E-state index in [2.05, 4.69) is 0 Å². The normalized spacial score (nSPS) is 16.6. The molecule has 0 aromatic heterocycles. The van der Waals surface area contributed by atoms with Crippen LogP contribution in [0.15, 0.2) is 0 Å². The fourth-order valence-electron chi connectivity index (χ4n) is 2.07. The number of nitrogens with zero attached hydrogens (tertiary/aromatic N) is 1. The molecule has 0 saturated carbocycles. The van der Waals surface area contributed by atoms with Crippen molar-refractivity contribution >= 4 is 38.3 Å². The van der Waals surface area contributed by atoms with Crippen LogP contribution in [-0.2, 0) is 22.8 Å². The molecule has 0 amide bonds. The van der Waals surface area contributed by atoms with Gasteiger partial charge >= 0.3 is 38.3 Å². The van der Waals surface area contributed by atoms with E-state index in [4.69, 9.17) is 25.3 Å². The molecule has 0 bridgehead atoms. The van der Waals surface area contributed by atoms with E-state index in [1.807, 2.05) is 0 Å². The van der Waals surface area contributed by atoms with Gasteiger partial charge in [-0.15, -0.1) is 0 Å². The maximum atomic E-state index is 11.9. The van der Waals surface area contributed by atoms with Gasteiger partial charge in [0.2, 0.25) is 0 Å². The lowest BCUT2D eigenvalue weighted by Gasteiger charge is -2.46. The van der Waals surface area contributed by atoms with Crippen LogP contribution in [0.3, 0.4) is 0 Å². The predicted molar refractivity (Wildman–Crippen MR) is 85.6 cm³/mol. The van der Waals surface area contributed by atoms with Crippen molar-refractivity contribution in [2.75, 3.05) is 13.1 Å². The summed E-state index contributed by atoms with van der Waals surface area (Å²) < 4.78 is 56.8. The Morgan fingerprint density at radius 1 is 0.778 bits per heavy atom. The zero-order chi connectivity index (χ0) is 22.3. The second kappa shape index (κ2) is 8.40. The second-order valence-electron chi connectivity index (χ2n) is 4.83. The molecule has 1 unspecified atom stereocenters. The summed E-state index contributed by atoms with van der Waals surface area (Å²) in [6.45, 7) is -1.44. The molecule has 0 aliphatic rings. The molecule has 27 heavy (non-hydrogen) atoms. The van der Waals surface area contributed by atoms with Crippen LogP contribution in [0.4, 0.5) is 0 Å². The minimum atomic E-state index is -6.89. The molecule has 18 nitrogen and oxygen atoms in total. The summed E-state index contributed by atoms with van der Waals surface area (Å²) >= 11 is 0. The van der Waals surface area contributed by atoms with Gasteiger partial charge in [-0.1, -0.05) is 4.44 Å². The van der Waals surface area contributed by atoms with E-state index < -0.39 is 66.6 Å². The van der Waals surface area contributed by atoms with Crippen LogP contribution < -0.4 is 11.1 Å². The van der Waals surface area contributed by atoms with E-state index in [1.54, 1.807) is 0 Å². The maximum Gasteiger partial charge on any atom is 0.414 e. The molecule has 0 aliphatic heterocycles. The fourth-order valence-corrected chi connectivity index (χ4v) is 12.6. The summed E-state index contributed by atoms with van der Waals surface area (Å²) in [5, 5.41) is -3.59. The van der Waals surface area contributed by atoms with Gasteiger partial charge in [-0.05, 0) is 0 Å². The fraction of sp³-hybridized carbons (Fsp3) is 1.00. The van der Waals surface area contributed by atoms with E-state index >= 15 is 0 Å². The lowest BCUT2D eigenvalue weighted by molar-refractivity contribution is 0.184. The molecule has 0 radical (unpaired) electrons. The SMILES string of the molecule is NCCNC(C(N(P(=O)(O)O)P(=O)(O)O)(P(=O)(O)O)P(=O)(O)O)P(=O)(O)O. The molecule has 0 aliphatic carbocycles. The minimum Gasteiger partial charge on any atom is -0.329 e. The lowest BCUT2D eigenvalue weighted by Crippen LogP contribution is -2.58. The van der Waals surface area contributed by atoms with E-state index in [9.17, 15) is 52.2 Å². The molecule has 0 heterocycles. The van der Waals surface area contributed by atoms with Crippen LogP contribution in [-0.4, -0.2) is 77.3 Å². The summed E-state index contributed by atoms with van der Waals surface area (Å²) in [4.78, 5) is 93.2. The summed E-state index contributed by atoms with van der Waals surface area (Å²) in [5.41, 5.74) is 5.00. The van der Waals surface area contributed by atoms with E-state index in [1.165, 1.54) is 5.32 Å². The third-order valence-corrected chi connectivity index (χ3v) is 12.3. The highest BCUT2D eigenvalue weighted by Gasteiger charge is 2.79. The molecule has 0 aromatic carbocycles. The summed E-state index contributed by atoms with van der Waals surface area (Å²) in [6, 6.07) is 0. The van der Waals surface area contributed by atoms with Gasteiger partial charge in [0.15, 0.2) is 5.78 Å². The molecule has 1 atom stereocenters. The van der Waals surface area contributed by atoms with Crippen molar-refractivity contribution in [3.05, 3.63) is 0 Å². The predicted octanol–water partition coefficient (Wildman–Crippen LogP) is -3.46. The minimum absolute atomic E-state index is 0.583. The van der Waals surface area contributed by atoms with E-state index in [-0.39, 0.29) is 0 Å². The highest BCUT2D eigenvalue weighted by atomic mass is 31.3. The highest BCUT2D eigenvalue weighted by molar-refractivity contribution is 7.77. The van der Waals surface area contributed by atoms with Crippen LogP contribution in [0.5, 0.6) is 0 Å². The Morgan fingerprint density at radius 3 is 1.30 bits per heavy atom. The van der Waals surface area contributed by atoms with Crippen LogP contribution in [0.25, 0.3) is 0 Å². The third-order valence-electron chi connectivity index (χ3n) is 2.83. The maximum absolute atomic E-state index is 11.9. The Labute approximate surface area is 150 Å². The van der Waals surface area contributed by atoms with Crippen molar-refractivity contribution < 1.29 is 71.8 Å². The average molecular weight is 503 g/mol. The Bertz CT molecular complexity index is 722. The van der Waals surface area contributed by atoms with Gasteiger partial charge in [0.25, 0.3) is 5.02 Å². The number of nitrogens with one attached hydrogen (secondary N) is 1. The average Bonchev–Trinajstić information content (AvgIpc) is 2.29. The zero-order valence-electron chi connectivity index (χ0n) is 12.8.